The molecule has 0 aromatic heterocycles. The molecule has 7 heteroatoms. The largest absolute Gasteiger partial charge is 0.350 e. The highest BCUT2D eigenvalue weighted by molar-refractivity contribution is 8.04. The number of hydrogen-bond acceptors (Lipinski definition) is 5. The SMILES string of the molecule is Cc1ccc(NC2=C(Sc3ccc(NC(=O)C4CCCC4)cc3)C(=O)N(c3ccccc3)C2=O)cc1C. The van der Waals surface area contributed by atoms with Crippen LogP contribution < -0.4 is 15.5 Å². The van der Waals surface area contributed by atoms with Gasteiger partial charge in [0.1, 0.15) is 10.6 Å². The van der Waals surface area contributed by atoms with Crippen LogP contribution in [0.3, 0.4) is 0 Å². The molecular formula is C30H29N3O3S. The van der Waals surface area contributed by atoms with Crippen LogP contribution in [-0.4, -0.2) is 17.7 Å². The fourth-order valence-electron chi connectivity index (χ4n) is 4.65. The van der Waals surface area contributed by atoms with Crippen molar-refractivity contribution in [2.75, 3.05) is 15.5 Å². The molecule has 3 aromatic carbocycles. The van der Waals surface area contributed by atoms with Crippen molar-refractivity contribution in [2.24, 2.45) is 5.92 Å². The number of nitrogens with zero attached hydrogens (tertiary/aromatic N) is 1. The molecule has 2 aliphatic rings. The average Bonchev–Trinajstić information content (AvgIpc) is 3.52. The predicted molar refractivity (Wildman–Crippen MR) is 148 cm³/mol. The molecule has 1 fully saturated rings. The smallest absolute Gasteiger partial charge is 0.283 e. The minimum Gasteiger partial charge on any atom is -0.350 e. The maximum absolute atomic E-state index is 13.5. The van der Waals surface area contributed by atoms with Crippen LogP contribution in [-0.2, 0) is 14.4 Å². The van der Waals surface area contributed by atoms with E-state index in [9.17, 15) is 14.4 Å². The molecule has 3 aromatic rings. The van der Waals surface area contributed by atoms with Crippen LogP contribution in [0.15, 0.2) is 88.3 Å². The zero-order valence-electron chi connectivity index (χ0n) is 20.9. The molecule has 1 aliphatic carbocycles. The molecule has 2 N–H and O–H groups in total. The van der Waals surface area contributed by atoms with Gasteiger partial charge in [-0.25, -0.2) is 4.90 Å². The highest BCUT2D eigenvalue weighted by Gasteiger charge is 2.40. The van der Waals surface area contributed by atoms with Crippen molar-refractivity contribution >= 4 is 46.5 Å². The summed E-state index contributed by atoms with van der Waals surface area (Å²) < 4.78 is 0. The topological polar surface area (TPSA) is 78.5 Å². The number of para-hydroxylation sites is 1. The Labute approximate surface area is 221 Å². The molecule has 0 radical (unpaired) electrons. The maximum Gasteiger partial charge on any atom is 0.283 e. The summed E-state index contributed by atoms with van der Waals surface area (Å²) in [7, 11) is 0. The van der Waals surface area contributed by atoms with Crippen molar-refractivity contribution < 1.29 is 14.4 Å². The molecule has 0 spiro atoms. The van der Waals surface area contributed by atoms with Gasteiger partial charge in [0.05, 0.1) is 5.69 Å². The van der Waals surface area contributed by atoms with Gasteiger partial charge in [0.15, 0.2) is 0 Å². The van der Waals surface area contributed by atoms with E-state index >= 15 is 0 Å². The summed E-state index contributed by atoms with van der Waals surface area (Å²) >= 11 is 1.24. The first-order valence-electron chi connectivity index (χ1n) is 12.5. The first-order valence-corrected chi connectivity index (χ1v) is 13.3. The Balaban J connectivity index is 1.41. The van der Waals surface area contributed by atoms with Gasteiger partial charge >= 0.3 is 0 Å². The number of nitrogens with one attached hydrogen (secondary N) is 2. The molecule has 1 heterocycles. The summed E-state index contributed by atoms with van der Waals surface area (Å²) in [6.45, 7) is 4.04. The highest BCUT2D eigenvalue weighted by Crippen LogP contribution is 2.38. The summed E-state index contributed by atoms with van der Waals surface area (Å²) in [5.74, 6) is -0.608. The Kier molecular flexibility index (Phi) is 7.15. The lowest BCUT2D eigenvalue weighted by Gasteiger charge is -2.15. The molecule has 0 atom stereocenters. The number of rotatable bonds is 7. The quantitative estimate of drug-likeness (QED) is 0.358. The first kappa shape index (κ1) is 24.8. The van der Waals surface area contributed by atoms with E-state index < -0.39 is 5.91 Å². The molecule has 37 heavy (non-hydrogen) atoms. The number of amides is 3. The Morgan fingerprint density at radius 1 is 0.838 bits per heavy atom. The Morgan fingerprint density at radius 2 is 1.51 bits per heavy atom. The molecule has 188 valence electrons. The van der Waals surface area contributed by atoms with E-state index in [1.54, 1.807) is 24.3 Å². The van der Waals surface area contributed by atoms with E-state index in [-0.39, 0.29) is 23.4 Å². The van der Waals surface area contributed by atoms with E-state index in [1.807, 2.05) is 62.4 Å². The minimum absolute atomic E-state index is 0.0653. The zero-order chi connectivity index (χ0) is 25.9. The molecule has 1 saturated carbocycles. The first-order chi connectivity index (χ1) is 17.9. The molecule has 3 amide bonds. The second-order valence-corrected chi connectivity index (χ2v) is 10.6. The lowest BCUT2D eigenvalue weighted by Crippen LogP contribution is -2.32. The van der Waals surface area contributed by atoms with Crippen molar-refractivity contribution in [2.45, 2.75) is 44.4 Å². The molecular weight excluding hydrogens is 482 g/mol. The average molecular weight is 512 g/mol. The van der Waals surface area contributed by atoms with E-state index in [0.717, 1.165) is 53.1 Å². The van der Waals surface area contributed by atoms with Crippen LogP contribution >= 0.6 is 11.8 Å². The number of carbonyl (C=O) groups is 3. The standard InChI is InChI=1S/C30H29N3O3S/c1-19-12-13-23(18-20(19)2)31-26-27(30(36)33(29(26)35)24-10-4-3-5-11-24)37-25-16-14-22(15-17-25)32-28(34)21-8-6-7-9-21/h3-5,10-18,21,31H,6-9H2,1-2H3,(H,32,34). The highest BCUT2D eigenvalue weighted by atomic mass is 32.2. The zero-order valence-corrected chi connectivity index (χ0v) is 21.7. The number of anilines is 3. The maximum atomic E-state index is 13.5. The van der Waals surface area contributed by atoms with Gasteiger partial charge < -0.3 is 10.6 Å². The van der Waals surface area contributed by atoms with Gasteiger partial charge in [0.2, 0.25) is 5.91 Å². The van der Waals surface area contributed by atoms with Crippen LogP contribution in [0.2, 0.25) is 0 Å². The Morgan fingerprint density at radius 3 is 2.19 bits per heavy atom. The number of imide groups is 1. The van der Waals surface area contributed by atoms with Gasteiger partial charge in [-0.2, -0.15) is 0 Å². The van der Waals surface area contributed by atoms with E-state index in [2.05, 4.69) is 10.6 Å². The lowest BCUT2D eigenvalue weighted by molar-refractivity contribution is -0.121. The predicted octanol–water partition coefficient (Wildman–Crippen LogP) is 6.42. The van der Waals surface area contributed by atoms with E-state index in [4.69, 9.17) is 0 Å². The third-order valence-electron chi connectivity index (χ3n) is 6.90. The minimum atomic E-state index is -0.391. The van der Waals surface area contributed by atoms with Crippen LogP contribution in [0.25, 0.3) is 0 Å². The third kappa shape index (κ3) is 5.32. The van der Waals surface area contributed by atoms with Gasteiger partial charge in [0.25, 0.3) is 11.8 Å². The van der Waals surface area contributed by atoms with E-state index in [1.165, 1.54) is 16.7 Å². The monoisotopic (exact) mass is 511 g/mol. The third-order valence-corrected chi connectivity index (χ3v) is 7.99. The van der Waals surface area contributed by atoms with Gasteiger partial charge in [-0.15, -0.1) is 0 Å². The van der Waals surface area contributed by atoms with Crippen LogP contribution in [0.1, 0.15) is 36.8 Å². The fraction of sp³-hybridized carbons (Fsp3) is 0.233. The second-order valence-electron chi connectivity index (χ2n) is 9.51. The van der Waals surface area contributed by atoms with Gasteiger partial charge in [-0.1, -0.05) is 48.9 Å². The van der Waals surface area contributed by atoms with Crippen molar-refractivity contribution in [1.29, 1.82) is 0 Å². The molecule has 5 rings (SSSR count). The summed E-state index contributed by atoms with van der Waals surface area (Å²) in [4.78, 5) is 41.8. The van der Waals surface area contributed by atoms with Gasteiger partial charge in [-0.05, 0) is 86.3 Å². The van der Waals surface area contributed by atoms with Crippen molar-refractivity contribution in [3.63, 3.8) is 0 Å². The van der Waals surface area contributed by atoms with Gasteiger partial charge in [-0.3, -0.25) is 14.4 Å². The van der Waals surface area contributed by atoms with Crippen LogP contribution in [0.4, 0.5) is 17.1 Å². The molecule has 0 bridgehead atoms. The van der Waals surface area contributed by atoms with Crippen LogP contribution in [0, 0.1) is 19.8 Å². The lowest BCUT2D eigenvalue weighted by atomic mass is 10.1. The molecule has 0 saturated heterocycles. The Bertz CT molecular complexity index is 1380. The van der Waals surface area contributed by atoms with Gasteiger partial charge in [0, 0.05) is 22.2 Å². The van der Waals surface area contributed by atoms with Crippen molar-refractivity contribution in [1.82, 2.24) is 0 Å². The fourth-order valence-corrected chi connectivity index (χ4v) is 5.57. The molecule has 1 aliphatic heterocycles. The number of benzene rings is 3. The van der Waals surface area contributed by atoms with Crippen molar-refractivity contribution in [3.05, 3.63) is 94.5 Å². The summed E-state index contributed by atoms with van der Waals surface area (Å²) in [5.41, 5.74) is 4.49. The summed E-state index contributed by atoms with van der Waals surface area (Å²) in [5, 5.41) is 6.22. The summed E-state index contributed by atoms with van der Waals surface area (Å²) in [6.07, 6.45) is 4.10. The molecule has 6 nitrogen and oxygen atoms in total. The molecule has 0 unspecified atom stereocenters. The number of carbonyl (C=O) groups excluding carboxylic acids is 3. The summed E-state index contributed by atoms with van der Waals surface area (Å²) in [6, 6.07) is 22.2. The number of hydrogen-bond donors (Lipinski definition) is 2. The van der Waals surface area contributed by atoms with E-state index in [0.29, 0.717) is 10.6 Å². The van der Waals surface area contributed by atoms with Crippen molar-refractivity contribution in [3.8, 4) is 0 Å². The normalized spacial score (nSPS) is 16.0. The van der Waals surface area contributed by atoms with Crippen LogP contribution in [0.5, 0.6) is 0 Å². The Hall–Kier alpha value is -3.84. The second kappa shape index (κ2) is 10.6. The number of thioether (sulfide) groups is 1. The number of aryl methyl sites for hydroxylation is 2.